The Labute approximate surface area is 262 Å². The fraction of sp³-hybridized carbons (Fsp3) is 0.472. The van der Waals surface area contributed by atoms with Crippen molar-refractivity contribution in [2.24, 2.45) is 0 Å². The third-order valence-corrected chi connectivity index (χ3v) is 8.63. The van der Waals surface area contributed by atoms with Gasteiger partial charge in [-0.05, 0) is 75.6 Å². The predicted octanol–water partition coefficient (Wildman–Crippen LogP) is 5.24. The smallest absolute Gasteiger partial charge is 0.410 e. The lowest BCUT2D eigenvalue weighted by atomic mass is 9.97. The first-order valence-electron chi connectivity index (χ1n) is 15.5. The molecule has 8 nitrogen and oxygen atoms in total. The topological polar surface area (TPSA) is 73.4 Å². The number of hydrogen-bond donors (Lipinski definition) is 0. The van der Waals surface area contributed by atoms with Crippen LogP contribution in [-0.4, -0.2) is 103 Å². The molecule has 0 aromatic heterocycles. The highest BCUT2D eigenvalue weighted by Gasteiger charge is 2.38. The van der Waals surface area contributed by atoms with Gasteiger partial charge in [0.1, 0.15) is 17.7 Å². The van der Waals surface area contributed by atoms with Crippen molar-refractivity contribution in [2.45, 2.75) is 70.2 Å². The summed E-state index contributed by atoms with van der Waals surface area (Å²) in [5.41, 5.74) is 1.16. The van der Waals surface area contributed by atoms with Gasteiger partial charge in [-0.25, -0.2) is 4.79 Å². The summed E-state index contributed by atoms with van der Waals surface area (Å²) in [5.74, 6) is -0.402. The first-order valence-corrected chi connectivity index (χ1v) is 15.5. The number of likely N-dealkylation sites (N-methyl/N-ethyl adjacent to an activating group) is 3. The number of likely N-dealkylation sites (tertiary alicyclic amines) is 1. The molecule has 3 amide bonds. The highest BCUT2D eigenvalue weighted by molar-refractivity contribution is 5.92. The Balaban J connectivity index is 1.66. The Kier molecular flexibility index (Phi) is 10.7. The van der Waals surface area contributed by atoms with Crippen LogP contribution < -0.4 is 0 Å². The molecule has 1 aliphatic rings. The number of amides is 3. The average molecular weight is 601 g/mol. The van der Waals surface area contributed by atoms with E-state index in [0.717, 1.165) is 47.8 Å². The number of rotatable bonds is 9. The summed E-state index contributed by atoms with van der Waals surface area (Å²) < 4.78 is 5.69. The van der Waals surface area contributed by atoms with Gasteiger partial charge in [0.2, 0.25) is 11.8 Å². The van der Waals surface area contributed by atoms with Crippen LogP contribution in [0.5, 0.6) is 0 Å². The van der Waals surface area contributed by atoms with Crippen molar-refractivity contribution in [3.05, 3.63) is 83.9 Å². The van der Waals surface area contributed by atoms with Gasteiger partial charge in [-0.3, -0.25) is 14.5 Å². The highest BCUT2D eigenvalue weighted by Crippen LogP contribution is 2.23. The van der Waals surface area contributed by atoms with Crippen molar-refractivity contribution in [2.75, 3.05) is 41.3 Å². The third kappa shape index (κ3) is 8.38. The second kappa shape index (κ2) is 14.2. The summed E-state index contributed by atoms with van der Waals surface area (Å²) in [6.07, 6.45) is 1.85. The number of benzene rings is 3. The zero-order valence-corrected chi connectivity index (χ0v) is 27.3. The van der Waals surface area contributed by atoms with E-state index in [9.17, 15) is 14.4 Å². The number of ether oxygens (including phenoxy) is 1. The Morgan fingerprint density at radius 2 is 1.34 bits per heavy atom. The van der Waals surface area contributed by atoms with E-state index in [1.54, 1.807) is 39.8 Å². The average Bonchev–Trinajstić information content (AvgIpc) is 3.00. The molecule has 1 fully saturated rings. The molecule has 0 spiro atoms. The number of piperidine rings is 1. The van der Waals surface area contributed by atoms with E-state index in [1.165, 1.54) is 4.90 Å². The van der Waals surface area contributed by atoms with Crippen LogP contribution in [0.2, 0.25) is 0 Å². The maximum absolute atomic E-state index is 14.5. The lowest BCUT2D eigenvalue weighted by Gasteiger charge is -2.40. The van der Waals surface area contributed by atoms with E-state index in [2.05, 4.69) is 18.0 Å². The standard InChI is InChI=1S/C36H48N4O4/c1-36(2,3)44-35(43)40(7)32(25-27-17-18-28-15-11-12-16-29(28)23-27)34(42)39(6)31(24-26-13-9-8-10-14-26)33(41)38(5)30-19-21-37(4)22-20-30/h8-18,23,30-32H,19-22,24-25H2,1-7H3/t31-,32-/m1/s1. The molecular weight excluding hydrogens is 552 g/mol. The summed E-state index contributed by atoms with van der Waals surface area (Å²) in [7, 11) is 7.24. The fourth-order valence-corrected chi connectivity index (χ4v) is 5.85. The molecule has 0 bridgehead atoms. The van der Waals surface area contributed by atoms with E-state index >= 15 is 0 Å². The largest absolute Gasteiger partial charge is 0.444 e. The Morgan fingerprint density at radius 3 is 1.98 bits per heavy atom. The monoisotopic (exact) mass is 600 g/mol. The van der Waals surface area contributed by atoms with Crippen molar-refractivity contribution in [1.82, 2.24) is 19.6 Å². The lowest BCUT2D eigenvalue weighted by molar-refractivity contribution is -0.148. The molecule has 1 heterocycles. The van der Waals surface area contributed by atoms with Crippen molar-refractivity contribution in [3.8, 4) is 0 Å². The number of carbonyl (C=O) groups excluding carboxylic acids is 3. The molecule has 2 atom stereocenters. The molecule has 0 unspecified atom stereocenters. The quantitative estimate of drug-likeness (QED) is 0.336. The van der Waals surface area contributed by atoms with Gasteiger partial charge >= 0.3 is 6.09 Å². The molecule has 0 aliphatic carbocycles. The van der Waals surface area contributed by atoms with Gasteiger partial charge in [-0.2, -0.15) is 0 Å². The van der Waals surface area contributed by atoms with Crippen molar-refractivity contribution in [1.29, 1.82) is 0 Å². The van der Waals surface area contributed by atoms with E-state index < -0.39 is 23.8 Å². The minimum atomic E-state index is -0.879. The van der Waals surface area contributed by atoms with E-state index in [0.29, 0.717) is 6.42 Å². The summed E-state index contributed by atoms with van der Waals surface area (Å²) in [6.45, 7) is 7.26. The maximum Gasteiger partial charge on any atom is 0.410 e. The molecule has 0 saturated carbocycles. The maximum atomic E-state index is 14.5. The molecule has 3 aromatic carbocycles. The molecule has 1 aliphatic heterocycles. The minimum absolute atomic E-state index is 0.0939. The van der Waals surface area contributed by atoms with Crippen LogP contribution in [0.1, 0.15) is 44.7 Å². The van der Waals surface area contributed by atoms with Crippen LogP contribution >= 0.6 is 0 Å². The van der Waals surface area contributed by atoms with E-state index in [4.69, 9.17) is 4.74 Å². The summed E-state index contributed by atoms with van der Waals surface area (Å²) in [5, 5.41) is 2.16. The van der Waals surface area contributed by atoms with Crippen LogP contribution in [0.3, 0.4) is 0 Å². The Hall–Kier alpha value is -3.91. The Bertz CT molecular complexity index is 1430. The normalized spacial score (nSPS) is 15.8. The summed E-state index contributed by atoms with van der Waals surface area (Å²) >= 11 is 0. The molecule has 236 valence electrons. The van der Waals surface area contributed by atoms with Crippen LogP contribution in [0.25, 0.3) is 10.8 Å². The first kappa shape index (κ1) is 33.0. The zero-order valence-electron chi connectivity index (χ0n) is 27.3. The number of nitrogens with zero attached hydrogens (tertiary/aromatic N) is 4. The van der Waals surface area contributed by atoms with Gasteiger partial charge in [-0.1, -0.05) is 72.8 Å². The lowest BCUT2D eigenvalue weighted by Crippen LogP contribution is -2.58. The number of fused-ring (bicyclic) bond motifs is 1. The first-order chi connectivity index (χ1) is 20.8. The molecule has 0 N–H and O–H groups in total. The van der Waals surface area contributed by atoms with E-state index in [-0.39, 0.29) is 24.3 Å². The van der Waals surface area contributed by atoms with Gasteiger partial charge in [0.05, 0.1) is 0 Å². The van der Waals surface area contributed by atoms with Crippen LogP contribution in [0.4, 0.5) is 4.79 Å². The molecule has 44 heavy (non-hydrogen) atoms. The van der Waals surface area contributed by atoms with Crippen LogP contribution in [-0.2, 0) is 27.2 Å². The van der Waals surface area contributed by atoms with Gasteiger partial charge in [0, 0.05) is 40.0 Å². The number of hydrogen-bond acceptors (Lipinski definition) is 5. The van der Waals surface area contributed by atoms with Gasteiger partial charge in [0.15, 0.2) is 0 Å². The van der Waals surface area contributed by atoms with Gasteiger partial charge < -0.3 is 19.4 Å². The van der Waals surface area contributed by atoms with Crippen molar-refractivity contribution in [3.63, 3.8) is 0 Å². The van der Waals surface area contributed by atoms with Gasteiger partial charge in [-0.15, -0.1) is 0 Å². The fourth-order valence-electron chi connectivity index (χ4n) is 5.85. The second-order valence-electron chi connectivity index (χ2n) is 13.1. The number of carbonyl (C=O) groups is 3. The summed E-state index contributed by atoms with van der Waals surface area (Å²) in [4.78, 5) is 49.1. The van der Waals surface area contributed by atoms with Crippen molar-refractivity contribution < 1.29 is 19.1 Å². The molecular formula is C36H48N4O4. The minimum Gasteiger partial charge on any atom is -0.444 e. The van der Waals surface area contributed by atoms with Crippen LogP contribution in [0, 0.1) is 0 Å². The van der Waals surface area contributed by atoms with Crippen molar-refractivity contribution >= 4 is 28.7 Å². The third-order valence-electron chi connectivity index (χ3n) is 8.63. The summed E-state index contributed by atoms with van der Waals surface area (Å²) in [6, 6.07) is 22.4. The Morgan fingerprint density at radius 1 is 0.773 bits per heavy atom. The van der Waals surface area contributed by atoms with Gasteiger partial charge in [0.25, 0.3) is 0 Å². The zero-order chi connectivity index (χ0) is 32.0. The molecule has 1 saturated heterocycles. The highest BCUT2D eigenvalue weighted by atomic mass is 16.6. The molecule has 0 radical (unpaired) electrons. The molecule has 8 heteroatoms. The predicted molar refractivity (Wildman–Crippen MR) is 175 cm³/mol. The van der Waals surface area contributed by atoms with E-state index in [1.807, 2.05) is 78.7 Å². The SMILES string of the molecule is CN1CCC(N(C)C(=O)[C@@H](Cc2ccccc2)N(C)C(=O)[C@@H](Cc2ccc3ccccc3c2)N(C)C(=O)OC(C)(C)C)CC1. The second-order valence-corrected chi connectivity index (χ2v) is 13.1. The van der Waals surface area contributed by atoms with Crippen LogP contribution in [0.15, 0.2) is 72.8 Å². The molecule has 3 aromatic rings. The molecule has 4 rings (SSSR count).